The molecule has 1 unspecified atom stereocenters. The Labute approximate surface area is 163 Å². The second-order valence-electron chi connectivity index (χ2n) is 8.16. The van der Waals surface area contributed by atoms with Crippen molar-refractivity contribution in [2.24, 2.45) is 5.92 Å². The summed E-state index contributed by atoms with van der Waals surface area (Å²) in [6, 6.07) is 0.755. The number of methoxy groups -OCH3 is 1. The van der Waals surface area contributed by atoms with Crippen molar-refractivity contribution in [2.75, 3.05) is 45.8 Å². The van der Waals surface area contributed by atoms with Gasteiger partial charge in [0.05, 0.1) is 6.61 Å². The molecule has 1 N–H and O–H groups in total. The number of nitrogens with zero attached hydrogens (tertiary/aromatic N) is 4. The van der Waals surface area contributed by atoms with Crippen LogP contribution >= 0.6 is 0 Å². The van der Waals surface area contributed by atoms with Gasteiger partial charge in [-0.15, -0.1) is 0 Å². The molecular formula is C20H35N5O2. The van der Waals surface area contributed by atoms with Crippen molar-refractivity contribution in [2.45, 2.75) is 52.6 Å². The number of hydrogen-bond donors (Lipinski definition) is 1. The van der Waals surface area contributed by atoms with Gasteiger partial charge in [-0.05, 0) is 32.6 Å². The van der Waals surface area contributed by atoms with E-state index < -0.39 is 0 Å². The Morgan fingerprint density at radius 3 is 2.63 bits per heavy atom. The van der Waals surface area contributed by atoms with E-state index >= 15 is 0 Å². The Morgan fingerprint density at radius 2 is 2.04 bits per heavy atom. The molecule has 2 heterocycles. The smallest absolute Gasteiger partial charge is 0.291 e. The van der Waals surface area contributed by atoms with Crippen LogP contribution in [0, 0.1) is 19.8 Å². The molecule has 7 nitrogen and oxygen atoms in total. The average Bonchev–Trinajstić information content (AvgIpc) is 3.04. The largest absolute Gasteiger partial charge is 0.383 e. The first kappa shape index (κ1) is 21.6. The second-order valence-corrected chi connectivity index (χ2v) is 8.16. The molecule has 0 bridgehead atoms. The molecule has 152 valence electrons. The number of ether oxygens (including phenoxy) is 1. The first-order valence-corrected chi connectivity index (χ1v) is 9.79. The Kier molecular flexibility index (Phi) is 7.56. The number of hydrogen-bond acceptors (Lipinski definition) is 6. The number of rotatable bonds is 8. The third kappa shape index (κ3) is 5.62. The molecule has 1 aliphatic rings. The average molecular weight is 378 g/mol. The van der Waals surface area contributed by atoms with Gasteiger partial charge < -0.3 is 19.9 Å². The van der Waals surface area contributed by atoms with Crippen LogP contribution in [0.4, 0.5) is 5.82 Å². The van der Waals surface area contributed by atoms with E-state index in [1.54, 1.807) is 21.2 Å². The summed E-state index contributed by atoms with van der Waals surface area (Å²) < 4.78 is 5.39. The molecule has 2 atom stereocenters. The number of aryl methyl sites for hydroxylation is 1. The van der Waals surface area contributed by atoms with Crippen LogP contribution in [-0.2, 0) is 4.74 Å². The molecule has 1 aromatic heterocycles. The van der Waals surface area contributed by atoms with Gasteiger partial charge in [-0.2, -0.15) is 0 Å². The van der Waals surface area contributed by atoms with Crippen LogP contribution in [0.5, 0.6) is 0 Å². The highest BCUT2D eigenvalue weighted by atomic mass is 16.5. The lowest BCUT2D eigenvalue weighted by Crippen LogP contribution is -2.43. The maximum atomic E-state index is 12.3. The van der Waals surface area contributed by atoms with E-state index in [1.165, 1.54) is 4.90 Å². The number of amides is 1. The van der Waals surface area contributed by atoms with Crippen molar-refractivity contribution >= 4 is 11.7 Å². The topological polar surface area (TPSA) is 70.6 Å². The van der Waals surface area contributed by atoms with Gasteiger partial charge >= 0.3 is 0 Å². The molecule has 1 saturated heterocycles. The highest BCUT2D eigenvalue weighted by Gasteiger charge is 2.28. The minimum atomic E-state index is -0.162. The fourth-order valence-electron chi connectivity index (χ4n) is 3.59. The predicted octanol–water partition coefficient (Wildman–Crippen LogP) is 2.02. The molecule has 0 saturated carbocycles. The van der Waals surface area contributed by atoms with Gasteiger partial charge in [-0.1, -0.05) is 13.8 Å². The molecule has 1 fully saturated rings. The summed E-state index contributed by atoms with van der Waals surface area (Å²) in [6.07, 6.45) is 2.15. The zero-order chi connectivity index (χ0) is 20.1. The first-order valence-electron chi connectivity index (χ1n) is 9.79. The van der Waals surface area contributed by atoms with Gasteiger partial charge in [0.2, 0.25) is 5.82 Å². The van der Waals surface area contributed by atoms with E-state index in [2.05, 4.69) is 34.0 Å². The van der Waals surface area contributed by atoms with Crippen molar-refractivity contribution < 1.29 is 9.53 Å². The van der Waals surface area contributed by atoms with Crippen LogP contribution in [-0.4, -0.2) is 73.8 Å². The molecule has 2 rings (SSSR count). The zero-order valence-electron chi connectivity index (χ0n) is 17.9. The standard InChI is InChI=1S/C20H35N5O2/c1-13(2)10-17(12-27-7)22-16-8-9-25(11-16)19-14(3)15(4)21-18(23-19)20(26)24(5)6/h13,16-17,22H,8-12H2,1-7H3/t16-,17?/m1/s1. The van der Waals surface area contributed by atoms with Gasteiger partial charge in [-0.25, -0.2) is 9.97 Å². The van der Waals surface area contributed by atoms with E-state index in [0.717, 1.165) is 49.6 Å². The van der Waals surface area contributed by atoms with E-state index in [9.17, 15) is 4.79 Å². The number of nitrogens with one attached hydrogen (secondary N) is 1. The van der Waals surface area contributed by atoms with Crippen LogP contribution < -0.4 is 10.2 Å². The molecule has 27 heavy (non-hydrogen) atoms. The third-order valence-electron chi connectivity index (χ3n) is 5.04. The van der Waals surface area contributed by atoms with Crippen LogP contribution in [0.2, 0.25) is 0 Å². The van der Waals surface area contributed by atoms with Gasteiger partial charge in [0.1, 0.15) is 5.82 Å². The molecular weight excluding hydrogens is 342 g/mol. The Bertz CT molecular complexity index is 648. The van der Waals surface area contributed by atoms with Crippen molar-refractivity contribution in [1.29, 1.82) is 0 Å². The maximum Gasteiger partial charge on any atom is 0.291 e. The summed E-state index contributed by atoms with van der Waals surface area (Å²) in [5.74, 6) is 1.61. The molecule has 0 aromatic carbocycles. The summed E-state index contributed by atoms with van der Waals surface area (Å²) in [6.45, 7) is 11.0. The predicted molar refractivity (Wildman–Crippen MR) is 108 cm³/mol. The molecule has 0 radical (unpaired) electrons. The molecule has 1 aliphatic heterocycles. The lowest BCUT2D eigenvalue weighted by molar-refractivity contribution is 0.0815. The van der Waals surface area contributed by atoms with E-state index in [-0.39, 0.29) is 11.7 Å². The van der Waals surface area contributed by atoms with E-state index in [4.69, 9.17) is 4.74 Å². The van der Waals surface area contributed by atoms with Crippen LogP contribution in [0.15, 0.2) is 0 Å². The number of anilines is 1. The Morgan fingerprint density at radius 1 is 1.33 bits per heavy atom. The van der Waals surface area contributed by atoms with Gasteiger partial charge in [0.15, 0.2) is 0 Å². The summed E-state index contributed by atoms with van der Waals surface area (Å²) in [5.41, 5.74) is 1.90. The SMILES string of the molecule is COCC(CC(C)C)N[C@@H]1CCN(c2nc(C(=O)N(C)C)nc(C)c2C)C1. The van der Waals surface area contributed by atoms with Gasteiger partial charge in [0, 0.05) is 57.6 Å². The number of carbonyl (C=O) groups is 1. The highest BCUT2D eigenvalue weighted by molar-refractivity contribution is 5.90. The number of carbonyl (C=O) groups excluding carboxylic acids is 1. The first-order chi connectivity index (χ1) is 12.7. The minimum Gasteiger partial charge on any atom is -0.383 e. The maximum absolute atomic E-state index is 12.3. The van der Waals surface area contributed by atoms with Gasteiger partial charge in [0.25, 0.3) is 5.91 Å². The zero-order valence-corrected chi connectivity index (χ0v) is 17.9. The normalized spacial score (nSPS) is 18.2. The quantitative estimate of drug-likeness (QED) is 0.747. The lowest BCUT2D eigenvalue weighted by Gasteiger charge is -2.25. The number of aromatic nitrogens is 2. The molecule has 1 aromatic rings. The Balaban J connectivity index is 2.12. The monoisotopic (exact) mass is 377 g/mol. The summed E-state index contributed by atoms with van der Waals surface area (Å²) >= 11 is 0. The minimum absolute atomic E-state index is 0.162. The second kappa shape index (κ2) is 9.46. The summed E-state index contributed by atoms with van der Waals surface area (Å²) in [5, 5.41) is 3.75. The molecule has 0 aliphatic carbocycles. The summed E-state index contributed by atoms with van der Waals surface area (Å²) in [7, 11) is 5.20. The van der Waals surface area contributed by atoms with Crippen molar-refractivity contribution in [1.82, 2.24) is 20.2 Å². The van der Waals surface area contributed by atoms with E-state index in [1.807, 2.05) is 13.8 Å². The van der Waals surface area contributed by atoms with E-state index in [0.29, 0.717) is 18.0 Å². The highest BCUT2D eigenvalue weighted by Crippen LogP contribution is 2.24. The molecule has 1 amide bonds. The van der Waals surface area contributed by atoms with Crippen LogP contribution in [0.1, 0.15) is 48.6 Å². The summed E-state index contributed by atoms with van der Waals surface area (Å²) in [4.78, 5) is 25.1. The lowest BCUT2D eigenvalue weighted by atomic mass is 10.0. The fraction of sp³-hybridized carbons (Fsp3) is 0.750. The Hall–Kier alpha value is -1.73. The molecule has 0 spiro atoms. The fourth-order valence-corrected chi connectivity index (χ4v) is 3.59. The van der Waals surface area contributed by atoms with Crippen molar-refractivity contribution in [3.05, 3.63) is 17.1 Å². The molecule has 7 heteroatoms. The van der Waals surface area contributed by atoms with Crippen LogP contribution in [0.25, 0.3) is 0 Å². The van der Waals surface area contributed by atoms with Crippen molar-refractivity contribution in [3.63, 3.8) is 0 Å². The van der Waals surface area contributed by atoms with Crippen LogP contribution in [0.3, 0.4) is 0 Å². The van der Waals surface area contributed by atoms with Crippen molar-refractivity contribution in [3.8, 4) is 0 Å². The van der Waals surface area contributed by atoms with Gasteiger partial charge in [-0.3, -0.25) is 4.79 Å². The third-order valence-corrected chi connectivity index (χ3v) is 5.04.